The van der Waals surface area contributed by atoms with Crippen molar-refractivity contribution in [1.82, 2.24) is 4.90 Å². The minimum atomic E-state index is -1.16. The molecule has 29 heavy (non-hydrogen) atoms. The summed E-state index contributed by atoms with van der Waals surface area (Å²) in [4.78, 5) is 51.7. The van der Waals surface area contributed by atoms with Gasteiger partial charge in [-0.1, -0.05) is 63.2 Å². The maximum Gasteiger partial charge on any atom is 0.330 e. The fourth-order valence-electron chi connectivity index (χ4n) is 3.06. The molecule has 150 valence electrons. The summed E-state index contributed by atoms with van der Waals surface area (Å²) in [7, 11) is 0. The predicted molar refractivity (Wildman–Crippen MR) is 106 cm³/mol. The van der Waals surface area contributed by atoms with Crippen LogP contribution >= 0.6 is 0 Å². The van der Waals surface area contributed by atoms with E-state index in [1.165, 1.54) is 0 Å². The summed E-state index contributed by atoms with van der Waals surface area (Å²) in [6.07, 6.45) is 0.106. The van der Waals surface area contributed by atoms with Gasteiger partial charge in [-0.2, -0.15) is 0 Å². The summed E-state index contributed by atoms with van der Waals surface area (Å²) >= 11 is 0. The monoisotopic (exact) mass is 393 g/mol. The Bertz CT molecular complexity index is 924. The molecule has 0 aliphatic carbocycles. The SMILES string of the molecule is CC(C)(C)C(=O)COC(=O)C(Cc1ccccc1)N1C(=O)c2ccccc2C1=O. The largest absolute Gasteiger partial charge is 0.456 e. The van der Waals surface area contributed by atoms with Crippen molar-refractivity contribution >= 4 is 23.6 Å². The molecule has 0 bridgehead atoms. The van der Waals surface area contributed by atoms with Gasteiger partial charge in [-0.05, 0) is 17.7 Å². The van der Waals surface area contributed by atoms with E-state index in [2.05, 4.69) is 0 Å². The van der Waals surface area contributed by atoms with Crippen molar-refractivity contribution in [2.45, 2.75) is 33.2 Å². The number of ketones is 1. The number of rotatable bonds is 6. The first-order chi connectivity index (χ1) is 13.7. The normalized spacial score (nSPS) is 14.5. The van der Waals surface area contributed by atoms with Gasteiger partial charge in [-0.15, -0.1) is 0 Å². The van der Waals surface area contributed by atoms with Gasteiger partial charge < -0.3 is 4.74 Å². The second-order valence-electron chi connectivity index (χ2n) is 8.01. The van der Waals surface area contributed by atoms with Gasteiger partial charge in [0, 0.05) is 11.8 Å². The van der Waals surface area contributed by atoms with E-state index in [0.717, 1.165) is 10.5 Å². The van der Waals surface area contributed by atoms with Crippen LogP contribution in [-0.4, -0.2) is 41.1 Å². The fraction of sp³-hybridized carbons (Fsp3) is 0.304. The van der Waals surface area contributed by atoms with Crippen LogP contribution in [0.5, 0.6) is 0 Å². The van der Waals surface area contributed by atoms with Crippen LogP contribution in [0.3, 0.4) is 0 Å². The summed E-state index contributed by atoms with van der Waals surface area (Å²) in [6.45, 7) is 4.79. The minimum absolute atomic E-state index is 0.106. The molecule has 2 aromatic carbocycles. The van der Waals surface area contributed by atoms with Crippen LogP contribution < -0.4 is 0 Å². The van der Waals surface area contributed by atoms with Crippen molar-refractivity contribution in [3.63, 3.8) is 0 Å². The van der Waals surface area contributed by atoms with Crippen molar-refractivity contribution < 1.29 is 23.9 Å². The van der Waals surface area contributed by atoms with E-state index in [0.29, 0.717) is 0 Å². The third kappa shape index (κ3) is 4.26. The number of Topliss-reactive ketones (excluding diaryl/α,β-unsaturated/α-hetero) is 1. The lowest BCUT2D eigenvalue weighted by Crippen LogP contribution is -2.47. The van der Waals surface area contributed by atoms with Crippen LogP contribution in [0.25, 0.3) is 0 Å². The van der Waals surface area contributed by atoms with Crippen LogP contribution in [-0.2, 0) is 20.7 Å². The number of amides is 2. The molecule has 0 N–H and O–H groups in total. The lowest BCUT2D eigenvalue weighted by molar-refractivity contribution is -0.153. The summed E-state index contributed by atoms with van der Waals surface area (Å²) < 4.78 is 5.24. The number of benzene rings is 2. The maximum absolute atomic E-state index is 12.9. The summed E-state index contributed by atoms with van der Waals surface area (Å²) in [6, 6.07) is 14.4. The molecule has 1 atom stereocenters. The van der Waals surface area contributed by atoms with Gasteiger partial charge in [0.1, 0.15) is 6.04 Å². The van der Waals surface area contributed by atoms with Gasteiger partial charge in [0.25, 0.3) is 11.8 Å². The third-order valence-electron chi connectivity index (χ3n) is 4.86. The number of ether oxygens (including phenoxy) is 1. The molecule has 2 amide bonds. The number of nitrogens with zero attached hydrogens (tertiary/aromatic N) is 1. The smallest absolute Gasteiger partial charge is 0.330 e. The third-order valence-corrected chi connectivity index (χ3v) is 4.86. The Balaban J connectivity index is 1.88. The van der Waals surface area contributed by atoms with Crippen LogP contribution in [0.4, 0.5) is 0 Å². The zero-order valence-corrected chi connectivity index (χ0v) is 16.7. The van der Waals surface area contributed by atoms with E-state index < -0.39 is 35.8 Å². The molecule has 1 aliphatic heterocycles. The molecule has 0 spiro atoms. The van der Waals surface area contributed by atoms with E-state index in [1.807, 2.05) is 18.2 Å². The molecule has 0 fully saturated rings. The van der Waals surface area contributed by atoms with Gasteiger partial charge in [0.2, 0.25) is 0 Å². The zero-order chi connectivity index (χ0) is 21.2. The molecule has 3 rings (SSSR count). The lowest BCUT2D eigenvalue weighted by Gasteiger charge is -2.25. The minimum Gasteiger partial charge on any atom is -0.456 e. The number of hydrogen-bond donors (Lipinski definition) is 0. The first-order valence-corrected chi connectivity index (χ1v) is 9.41. The topological polar surface area (TPSA) is 80.8 Å². The Morgan fingerprint density at radius 3 is 1.93 bits per heavy atom. The van der Waals surface area contributed by atoms with Crippen molar-refractivity contribution in [2.24, 2.45) is 5.41 Å². The number of hydrogen-bond acceptors (Lipinski definition) is 5. The van der Waals surface area contributed by atoms with Crippen molar-refractivity contribution in [2.75, 3.05) is 6.61 Å². The molecule has 1 aliphatic rings. The quantitative estimate of drug-likeness (QED) is 0.557. The van der Waals surface area contributed by atoms with Gasteiger partial charge in [0.15, 0.2) is 12.4 Å². The molecule has 0 aromatic heterocycles. The molecule has 0 radical (unpaired) electrons. The van der Waals surface area contributed by atoms with Crippen LogP contribution in [0.2, 0.25) is 0 Å². The van der Waals surface area contributed by atoms with E-state index in [-0.39, 0.29) is 23.3 Å². The van der Waals surface area contributed by atoms with Crippen LogP contribution in [0, 0.1) is 5.41 Å². The summed E-state index contributed by atoms with van der Waals surface area (Å²) in [5.41, 5.74) is 0.626. The highest BCUT2D eigenvalue weighted by Crippen LogP contribution is 2.26. The second-order valence-corrected chi connectivity index (χ2v) is 8.01. The Morgan fingerprint density at radius 2 is 1.41 bits per heavy atom. The molecule has 6 heteroatoms. The van der Waals surface area contributed by atoms with Gasteiger partial charge >= 0.3 is 5.97 Å². The van der Waals surface area contributed by atoms with Crippen molar-refractivity contribution in [3.8, 4) is 0 Å². The Kier molecular flexibility index (Phi) is 5.64. The number of esters is 1. The number of fused-ring (bicyclic) bond motifs is 1. The number of carbonyl (C=O) groups excluding carboxylic acids is 4. The van der Waals surface area contributed by atoms with Crippen molar-refractivity contribution in [1.29, 1.82) is 0 Å². The Hall–Kier alpha value is -3.28. The maximum atomic E-state index is 12.9. The van der Waals surface area contributed by atoms with E-state index in [1.54, 1.807) is 57.2 Å². The first-order valence-electron chi connectivity index (χ1n) is 9.41. The Morgan fingerprint density at radius 1 is 0.897 bits per heavy atom. The predicted octanol–water partition coefficient (Wildman–Crippen LogP) is 3.05. The van der Waals surface area contributed by atoms with Crippen LogP contribution in [0.1, 0.15) is 47.1 Å². The van der Waals surface area contributed by atoms with Gasteiger partial charge in [0.05, 0.1) is 11.1 Å². The highest BCUT2D eigenvalue weighted by Gasteiger charge is 2.43. The average Bonchev–Trinajstić information content (AvgIpc) is 2.95. The standard InChI is InChI=1S/C23H23NO5/c1-23(2,3)19(25)14-29-22(28)18(13-15-9-5-4-6-10-15)24-20(26)16-11-7-8-12-17(16)21(24)27/h4-12,18H,13-14H2,1-3H3. The molecular weight excluding hydrogens is 370 g/mol. The fourth-order valence-corrected chi connectivity index (χ4v) is 3.06. The molecule has 6 nitrogen and oxygen atoms in total. The molecular formula is C23H23NO5. The van der Waals surface area contributed by atoms with E-state index in [4.69, 9.17) is 4.74 Å². The van der Waals surface area contributed by atoms with E-state index in [9.17, 15) is 19.2 Å². The number of imide groups is 1. The number of carbonyl (C=O) groups is 4. The zero-order valence-electron chi connectivity index (χ0n) is 16.7. The van der Waals surface area contributed by atoms with Crippen LogP contribution in [0.15, 0.2) is 54.6 Å². The van der Waals surface area contributed by atoms with E-state index >= 15 is 0 Å². The van der Waals surface area contributed by atoms with Crippen molar-refractivity contribution in [3.05, 3.63) is 71.3 Å². The molecule has 0 saturated heterocycles. The summed E-state index contributed by atoms with van der Waals surface area (Å²) in [5.74, 6) is -2.09. The average molecular weight is 393 g/mol. The highest BCUT2D eigenvalue weighted by atomic mass is 16.5. The van der Waals surface area contributed by atoms with Gasteiger partial charge in [-0.25, -0.2) is 4.79 Å². The first kappa shape index (κ1) is 20.5. The Labute approximate surface area is 169 Å². The van der Waals surface area contributed by atoms with Gasteiger partial charge in [-0.3, -0.25) is 19.3 Å². The second kappa shape index (κ2) is 7.99. The molecule has 1 unspecified atom stereocenters. The molecule has 2 aromatic rings. The molecule has 1 heterocycles. The highest BCUT2D eigenvalue weighted by molar-refractivity contribution is 6.22. The summed E-state index contributed by atoms with van der Waals surface area (Å²) in [5, 5.41) is 0. The molecule has 0 saturated carbocycles. The lowest BCUT2D eigenvalue weighted by atomic mass is 9.91.